The molecule has 13 heteroatoms. The van der Waals surface area contributed by atoms with Crippen LogP contribution in [0.25, 0.3) is 22.2 Å². The van der Waals surface area contributed by atoms with Crippen molar-refractivity contribution in [3.63, 3.8) is 0 Å². The Balaban J connectivity index is 1.95. The summed E-state index contributed by atoms with van der Waals surface area (Å²) in [7, 11) is 1.22. The van der Waals surface area contributed by atoms with Crippen molar-refractivity contribution in [3.8, 4) is 17.0 Å². The minimum atomic E-state index is -5.38. The van der Waals surface area contributed by atoms with Crippen LogP contribution in [0.15, 0.2) is 48.5 Å². The molecule has 0 aliphatic rings. The molecule has 0 spiro atoms. The van der Waals surface area contributed by atoms with Crippen molar-refractivity contribution in [2.24, 2.45) is 0 Å². The predicted octanol–water partition coefficient (Wildman–Crippen LogP) is 5.73. The first-order valence-electron chi connectivity index (χ1n) is 12.4. The molecule has 222 valence electrons. The second-order valence-corrected chi connectivity index (χ2v) is 10.2. The number of aliphatic hydroxyl groups is 2. The van der Waals surface area contributed by atoms with Crippen molar-refractivity contribution in [1.29, 1.82) is 0 Å². The van der Waals surface area contributed by atoms with E-state index in [2.05, 4.69) is 9.97 Å². The van der Waals surface area contributed by atoms with Gasteiger partial charge in [0.2, 0.25) is 5.60 Å². The largest absolute Gasteiger partial charge is 0.494 e. The maximum Gasteiger partial charge on any atom is 0.423 e. The molecule has 0 radical (unpaired) electrons. The van der Waals surface area contributed by atoms with Crippen LogP contribution in [0.3, 0.4) is 0 Å². The fourth-order valence-electron chi connectivity index (χ4n) is 4.48. The van der Waals surface area contributed by atoms with Crippen molar-refractivity contribution in [2.45, 2.75) is 44.6 Å². The van der Waals surface area contributed by atoms with Crippen molar-refractivity contribution in [2.75, 3.05) is 7.11 Å². The van der Waals surface area contributed by atoms with Gasteiger partial charge in [0.15, 0.2) is 5.82 Å². The number of carbonyl (C=O) groups excluding carboxylic acids is 1. The first-order valence-corrected chi connectivity index (χ1v) is 12.4. The summed E-state index contributed by atoms with van der Waals surface area (Å²) in [6.07, 6.45) is -6.58. The van der Waals surface area contributed by atoms with E-state index in [1.54, 1.807) is 0 Å². The molecule has 1 unspecified atom stereocenters. The van der Waals surface area contributed by atoms with Crippen LogP contribution in [0.2, 0.25) is 0 Å². The third kappa shape index (κ3) is 5.61. The number of halogens is 6. The number of benzene rings is 2. The molecule has 3 N–H and O–H groups in total. The van der Waals surface area contributed by atoms with E-state index in [-0.39, 0.29) is 39.0 Å². The molecule has 0 saturated carbocycles. The Morgan fingerprint density at radius 1 is 1.00 bits per heavy atom. The highest BCUT2D eigenvalue weighted by Crippen LogP contribution is 2.44. The predicted molar refractivity (Wildman–Crippen MR) is 140 cm³/mol. The Morgan fingerprint density at radius 3 is 2.19 bits per heavy atom. The SMILES string of the molecule is COc1cc(C(=O)NF)cc2cc(C)c(CC(O)(c3cc(C(C)(C)O)c(F)c(-c4ccc(F)cc4)n3)C(F)(F)F)nc12. The lowest BCUT2D eigenvalue weighted by Crippen LogP contribution is -2.45. The topological polar surface area (TPSA) is 105 Å². The van der Waals surface area contributed by atoms with E-state index in [0.717, 1.165) is 49.7 Å². The lowest BCUT2D eigenvalue weighted by atomic mass is 9.86. The quantitative estimate of drug-likeness (QED) is 0.187. The second-order valence-electron chi connectivity index (χ2n) is 10.2. The van der Waals surface area contributed by atoms with E-state index >= 15 is 4.39 Å². The highest BCUT2D eigenvalue weighted by atomic mass is 19.4. The molecule has 0 saturated heterocycles. The molecule has 1 atom stereocenters. The number of amides is 1. The van der Waals surface area contributed by atoms with Gasteiger partial charge in [0, 0.05) is 34.2 Å². The summed E-state index contributed by atoms with van der Waals surface area (Å²) in [5.74, 6) is -2.97. The summed E-state index contributed by atoms with van der Waals surface area (Å²) in [4.78, 5) is 19.9. The zero-order valence-electron chi connectivity index (χ0n) is 22.7. The summed E-state index contributed by atoms with van der Waals surface area (Å²) in [6.45, 7) is 3.71. The molecule has 1 amide bonds. The highest BCUT2D eigenvalue weighted by Gasteiger charge is 2.57. The maximum absolute atomic E-state index is 15.5. The Hall–Kier alpha value is -4.23. The maximum atomic E-state index is 15.5. The minimum absolute atomic E-state index is 0.0225. The van der Waals surface area contributed by atoms with Crippen LogP contribution in [-0.2, 0) is 17.6 Å². The van der Waals surface area contributed by atoms with Crippen LogP contribution >= 0.6 is 0 Å². The lowest BCUT2D eigenvalue weighted by Gasteiger charge is -2.32. The first kappa shape index (κ1) is 30.7. The van der Waals surface area contributed by atoms with E-state index in [9.17, 15) is 37.1 Å². The molecule has 2 heterocycles. The van der Waals surface area contributed by atoms with E-state index in [0.29, 0.717) is 6.07 Å². The lowest BCUT2D eigenvalue weighted by molar-refractivity contribution is -0.268. The van der Waals surface area contributed by atoms with Crippen LogP contribution in [0, 0.1) is 18.6 Å². The third-order valence-corrected chi connectivity index (χ3v) is 6.80. The van der Waals surface area contributed by atoms with Crippen LogP contribution in [-0.4, -0.2) is 39.4 Å². The Kier molecular flexibility index (Phi) is 7.96. The smallest absolute Gasteiger partial charge is 0.423 e. The average Bonchev–Trinajstić information content (AvgIpc) is 2.91. The standard InChI is InChI=1S/C29H25F6N3O4/c1-14-9-16-10-17(26(39)38-35)11-21(42-4)24(16)36-20(14)13-28(41,29(32,33)34)22-12-19(27(2,3)40)23(31)25(37-22)15-5-7-18(30)8-6-15/h5-12,40-41H,13H2,1-4H3,(H,38,39). The number of nitrogens with zero attached hydrogens (tertiary/aromatic N) is 2. The highest BCUT2D eigenvalue weighted by molar-refractivity contribution is 5.99. The molecule has 0 aliphatic carbocycles. The summed E-state index contributed by atoms with van der Waals surface area (Å²) in [5, 5.41) is 22.2. The normalized spacial score (nSPS) is 13.6. The van der Waals surface area contributed by atoms with Crippen molar-refractivity contribution in [1.82, 2.24) is 15.5 Å². The number of nitrogens with one attached hydrogen (secondary N) is 1. The summed E-state index contributed by atoms with van der Waals surface area (Å²) >= 11 is 0. The second kappa shape index (κ2) is 10.9. The fourth-order valence-corrected chi connectivity index (χ4v) is 4.48. The number of aryl methyl sites for hydroxylation is 1. The van der Waals surface area contributed by atoms with Gasteiger partial charge in [-0.2, -0.15) is 18.7 Å². The molecule has 4 aromatic rings. The van der Waals surface area contributed by atoms with Crippen molar-refractivity contribution >= 4 is 16.8 Å². The number of hydrogen-bond donors (Lipinski definition) is 3. The molecule has 0 bridgehead atoms. The van der Waals surface area contributed by atoms with Gasteiger partial charge in [-0.25, -0.2) is 18.7 Å². The molecular formula is C29H25F6N3O4. The number of hydrogen-bond acceptors (Lipinski definition) is 6. The van der Waals surface area contributed by atoms with Gasteiger partial charge in [-0.3, -0.25) is 4.79 Å². The third-order valence-electron chi connectivity index (χ3n) is 6.80. The molecule has 0 aliphatic heterocycles. The van der Waals surface area contributed by atoms with E-state index in [1.807, 2.05) is 0 Å². The molecule has 42 heavy (non-hydrogen) atoms. The number of aromatic nitrogens is 2. The number of pyridine rings is 2. The van der Waals surface area contributed by atoms with Gasteiger partial charge in [0.05, 0.1) is 18.4 Å². The van der Waals surface area contributed by atoms with Gasteiger partial charge in [-0.15, -0.1) is 0 Å². The Labute approximate surface area is 235 Å². The number of rotatable bonds is 7. The van der Waals surface area contributed by atoms with Gasteiger partial charge < -0.3 is 14.9 Å². The van der Waals surface area contributed by atoms with Crippen molar-refractivity contribution in [3.05, 3.63) is 88.2 Å². The number of carbonyl (C=O) groups is 1. The average molecular weight is 594 g/mol. The molecule has 7 nitrogen and oxygen atoms in total. The first-order chi connectivity index (χ1) is 19.5. The Bertz CT molecular complexity index is 1670. The van der Waals surface area contributed by atoms with Gasteiger partial charge in [0.1, 0.15) is 22.8 Å². The van der Waals surface area contributed by atoms with Gasteiger partial charge in [-0.1, -0.05) is 4.48 Å². The minimum Gasteiger partial charge on any atom is -0.494 e. The van der Waals surface area contributed by atoms with Gasteiger partial charge >= 0.3 is 6.18 Å². The molecule has 2 aromatic carbocycles. The summed E-state index contributed by atoms with van der Waals surface area (Å²) in [5.41, 5.74) is -7.32. The zero-order valence-corrected chi connectivity index (χ0v) is 22.7. The number of alkyl halides is 3. The molecule has 0 fully saturated rings. The molecule has 2 aromatic heterocycles. The Morgan fingerprint density at radius 2 is 1.64 bits per heavy atom. The van der Waals surface area contributed by atoms with Crippen molar-refractivity contribution < 1.29 is 46.2 Å². The summed E-state index contributed by atoms with van der Waals surface area (Å²) in [6, 6.07) is 8.55. The van der Waals surface area contributed by atoms with E-state index in [4.69, 9.17) is 4.74 Å². The molecule has 4 rings (SSSR count). The number of ether oxygens (including phenoxy) is 1. The zero-order chi connectivity index (χ0) is 31.2. The van der Waals surface area contributed by atoms with E-state index in [1.165, 1.54) is 26.2 Å². The number of fused-ring (bicyclic) bond motifs is 1. The van der Waals surface area contributed by atoms with Crippen LogP contribution in [0.4, 0.5) is 26.4 Å². The summed E-state index contributed by atoms with van der Waals surface area (Å²) < 4.78 is 91.2. The van der Waals surface area contributed by atoms with Crippen LogP contribution < -0.4 is 10.3 Å². The fraction of sp³-hybridized carbons (Fsp3) is 0.276. The van der Waals surface area contributed by atoms with E-state index < -0.39 is 58.3 Å². The monoisotopic (exact) mass is 593 g/mol. The molecular weight excluding hydrogens is 568 g/mol. The van der Waals surface area contributed by atoms with Crippen LogP contribution in [0.5, 0.6) is 5.75 Å². The van der Waals surface area contributed by atoms with Gasteiger partial charge in [0.25, 0.3) is 5.91 Å². The number of methoxy groups -OCH3 is 1. The van der Waals surface area contributed by atoms with Crippen LogP contribution in [0.1, 0.15) is 46.7 Å². The van der Waals surface area contributed by atoms with Gasteiger partial charge in [-0.05, 0) is 74.9 Å².